The molecule has 7 heteroatoms. The highest BCUT2D eigenvalue weighted by Crippen LogP contribution is 2.32. The minimum absolute atomic E-state index is 0.0122. The van der Waals surface area contributed by atoms with Crippen LogP contribution in [-0.2, 0) is 13.1 Å². The molecule has 0 fully saturated rings. The SMILES string of the molecule is COc1ccc2c(=O)n(CC(O)Cn3ccnc3)c(C#N)c(-c3ccccc3)c2c1. The number of aliphatic hydroxyl groups is 1. The molecular weight excluding hydrogens is 380 g/mol. The molecule has 0 saturated heterocycles. The zero-order chi connectivity index (χ0) is 21.1. The Morgan fingerprint density at radius 3 is 2.63 bits per heavy atom. The Balaban J connectivity index is 1.93. The van der Waals surface area contributed by atoms with Crippen molar-refractivity contribution in [2.24, 2.45) is 0 Å². The minimum Gasteiger partial charge on any atom is -0.497 e. The van der Waals surface area contributed by atoms with Crippen molar-refractivity contribution < 1.29 is 9.84 Å². The van der Waals surface area contributed by atoms with E-state index in [4.69, 9.17) is 4.74 Å². The van der Waals surface area contributed by atoms with Crippen LogP contribution >= 0.6 is 0 Å². The number of fused-ring (bicyclic) bond motifs is 1. The molecule has 0 aliphatic rings. The van der Waals surface area contributed by atoms with Gasteiger partial charge in [-0.25, -0.2) is 4.98 Å². The molecule has 2 aromatic carbocycles. The lowest BCUT2D eigenvalue weighted by molar-refractivity contribution is 0.133. The fourth-order valence-electron chi connectivity index (χ4n) is 3.65. The molecule has 0 bridgehead atoms. The quantitative estimate of drug-likeness (QED) is 0.537. The number of pyridine rings is 1. The fourth-order valence-corrected chi connectivity index (χ4v) is 3.65. The molecule has 30 heavy (non-hydrogen) atoms. The van der Waals surface area contributed by atoms with Crippen molar-refractivity contribution in [2.75, 3.05) is 7.11 Å². The number of aliphatic hydroxyl groups excluding tert-OH is 1. The van der Waals surface area contributed by atoms with Crippen molar-refractivity contribution in [2.45, 2.75) is 19.2 Å². The van der Waals surface area contributed by atoms with E-state index in [1.54, 1.807) is 48.6 Å². The maximum atomic E-state index is 13.3. The molecule has 1 atom stereocenters. The summed E-state index contributed by atoms with van der Waals surface area (Å²) in [5.41, 5.74) is 1.33. The first-order valence-electron chi connectivity index (χ1n) is 9.46. The van der Waals surface area contributed by atoms with Crippen molar-refractivity contribution in [1.29, 1.82) is 5.26 Å². The summed E-state index contributed by atoms with van der Waals surface area (Å²) in [5.74, 6) is 0.598. The zero-order valence-corrected chi connectivity index (χ0v) is 16.4. The summed E-state index contributed by atoms with van der Waals surface area (Å²) in [6.45, 7) is 0.250. The highest BCUT2D eigenvalue weighted by Gasteiger charge is 2.20. The van der Waals surface area contributed by atoms with Gasteiger partial charge in [-0.05, 0) is 23.8 Å². The van der Waals surface area contributed by atoms with Gasteiger partial charge in [-0.2, -0.15) is 5.26 Å². The lowest BCUT2D eigenvalue weighted by Crippen LogP contribution is -2.31. The van der Waals surface area contributed by atoms with Gasteiger partial charge in [-0.3, -0.25) is 9.36 Å². The number of benzene rings is 2. The van der Waals surface area contributed by atoms with E-state index >= 15 is 0 Å². The Morgan fingerprint density at radius 2 is 1.97 bits per heavy atom. The van der Waals surface area contributed by atoms with Crippen molar-refractivity contribution in [3.05, 3.63) is 83.3 Å². The first kappa shape index (κ1) is 19.4. The predicted molar refractivity (Wildman–Crippen MR) is 113 cm³/mol. The summed E-state index contributed by atoms with van der Waals surface area (Å²) in [4.78, 5) is 17.2. The second-order valence-electron chi connectivity index (χ2n) is 6.94. The van der Waals surface area contributed by atoms with E-state index in [1.165, 1.54) is 4.57 Å². The number of nitriles is 1. The van der Waals surface area contributed by atoms with Crippen LogP contribution in [0, 0.1) is 11.3 Å². The Labute approximate surface area is 173 Å². The van der Waals surface area contributed by atoms with Gasteiger partial charge in [0.15, 0.2) is 0 Å². The third kappa shape index (κ3) is 3.56. The zero-order valence-electron chi connectivity index (χ0n) is 16.4. The molecule has 0 spiro atoms. The highest BCUT2D eigenvalue weighted by atomic mass is 16.5. The topological polar surface area (TPSA) is 93.1 Å². The largest absolute Gasteiger partial charge is 0.497 e. The average Bonchev–Trinajstić information content (AvgIpc) is 3.28. The van der Waals surface area contributed by atoms with Gasteiger partial charge >= 0.3 is 0 Å². The van der Waals surface area contributed by atoms with Gasteiger partial charge in [-0.15, -0.1) is 0 Å². The van der Waals surface area contributed by atoms with Gasteiger partial charge in [0.2, 0.25) is 0 Å². The van der Waals surface area contributed by atoms with E-state index in [2.05, 4.69) is 11.1 Å². The molecule has 7 nitrogen and oxygen atoms in total. The molecule has 150 valence electrons. The monoisotopic (exact) mass is 400 g/mol. The van der Waals surface area contributed by atoms with Gasteiger partial charge in [0.1, 0.15) is 17.5 Å². The van der Waals surface area contributed by atoms with Crippen LogP contribution in [0.1, 0.15) is 5.69 Å². The smallest absolute Gasteiger partial charge is 0.259 e. The molecule has 1 N–H and O–H groups in total. The van der Waals surface area contributed by atoms with Gasteiger partial charge in [-0.1, -0.05) is 30.3 Å². The molecule has 2 heterocycles. The maximum Gasteiger partial charge on any atom is 0.259 e. The molecular formula is C23H20N4O3. The van der Waals surface area contributed by atoms with E-state index < -0.39 is 6.10 Å². The van der Waals surface area contributed by atoms with Crippen molar-refractivity contribution >= 4 is 10.8 Å². The summed E-state index contributed by atoms with van der Waals surface area (Å²) in [6, 6.07) is 16.8. The Morgan fingerprint density at radius 1 is 1.17 bits per heavy atom. The van der Waals surface area contributed by atoms with Gasteiger partial charge in [0.05, 0.1) is 32.6 Å². The van der Waals surface area contributed by atoms with Crippen LogP contribution in [0.25, 0.3) is 21.9 Å². The number of ether oxygens (including phenoxy) is 1. The summed E-state index contributed by atoms with van der Waals surface area (Å²) in [5, 5.41) is 21.7. The lowest BCUT2D eigenvalue weighted by atomic mass is 9.96. The van der Waals surface area contributed by atoms with E-state index in [-0.39, 0.29) is 24.3 Å². The number of hydrogen-bond donors (Lipinski definition) is 1. The van der Waals surface area contributed by atoms with Crippen LogP contribution in [0.3, 0.4) is 0 Å². The highest BCUT2D eigenvalue weighted by molar-refractivity contribution is 5.99. The normalized spacial score (nSPS) is 11.9. The van der Waals surface area contributed by atoms with Crippen molar-refractivity contribution in [3.8, 4) is 22.9 Å². The van der Waals surface area contributed by atoms with Gasteiger partial charge < -0.3 is 14.4 Å². The second-order valence-corrected chi connectivity index (χ2v) is 6.94. The van der Waals surface area contributed by atoms with E-state index in [1.807, 2.05) is 30.3 Å². The van der Waals surface area contributed by atoms with E-state index in [0.717, 1.165) is 5.56 Å². The van der Waals surface area contributed by atoms with Gasteiger partial charge in [0, 0.05) is 28.7 Å². The molecule has 0 amide bonds. The third-order valence-corrected chi connectivity index (χ3v) is 5.02. The molecule has 0 aliphatic heterocycles. The maximum absolute atomic E-state index is 13.3. The summed E-state index contributed by atoms with van der Waals surface area (Å²) in [7, 11) is 1.56. The summed E-state index contributed by atoms with van der Waals surface area (Å²) in [6.07, 6.45) is 4.08. The average molecular weight is 400 g/mol. The first-order valence-corrected chi connectivity index (χ1v) is 9.46. The van der Waals surface area contributed by atoms with Crippen LogP contribution in [-0.4, -0.2) is 32.4 Å². The predicted octanol–water partition coefficient (Wildman–Crippen LogP) is 2.81. The number of imidazole rings is 1. The number of aromatic nitrogens is 3. The summed E-state index contributed by atoms with van der Waals surface area (Å²) >= 11 is 0. The van der Waals surface area contributed by atoms with Crippen molar-refractivity contribution in [3.63, 3.8) is 0 Å². The standard InChI is InChI=1S/C23H20N4O3/c1-30-18-7-8-19-20(11-18)22(16-5-3-2-4-6-16)21(12-24)27(23(19)29)14-17(28)13-26-10-9-25-15-26/h2-11,15,17,28H,13-14H2,1H3. The van der Waals surface area contributed by atoms with E-state index in [0.29, 0.717) is 22.1 Å². The Kier molecular flexibility index (Phi) is 5.33. The van der Waals surface area contributed by atoms with Crippen LogP contribution < -0.4 is 10.3 Å². The van der Waals surface area contributed by atoms with Crippen LogP contribution in [0.4, 0.5) is 0 Å². The number of methoxy groups -OCH3 is 1. The minimum atomic E-state index is -0.872. The Hall–Kier alpha value is -3.89. The molecule has 4 aromatic rings. The molecule has 0 saturated carbocycles. The fraction of sp³-hybridized carbons (Fsp3) is 0.174. The molecule has 0 aliphatic carbocycles. The van der Waals surface area contributed by atoms with Crippen LogP contribution in [0.15, 0.2) is 72.0 Å². The number of hydrogen-bond acceptors (Lipinski definition) is 5. The molecule has 2 aromatic heterocycles. The van der Waals surface area contributed by atoms with Gasteiger partial charge in [0.25, 0.3) is 5.56 Å². The van der Waals surface area contributed by atoms with Crippen molar-refractivity contribution in [1.82, 2.24) is 14.1 Å². The second kappa shape index (κ2) is 8.23. The lowest BCUT2D eigenvalue weighted by Gasteiger charge is -2.19. The van der Waals surface area contributed by atoms with Crippen LogP contribution in [0.5, 0.6) is 5.75 Å². The van der Waals surface area contributed by atoms with E-state index in [9.17, 15) is 15.2 Å². The molecule has 0 radical (unpaired) electrons. The Bertz CT molecular complexity index is 1270. The summed E-state index contributed by atoms with van der Waals surface area (Å²) < 4.78 is 8.43. The van der Waals surface area contributed by atoms with Crippen LogP contribution in [0.2, 0.25) is 0 Å². The third-order valence-electron chi connectivity index (χ3n) is 5.02. The number of rotatable bonds is 6. The molecule has 1 unspecified atom stereocenters. The first-order chi connectivity index (χ1) is 14.6. The number of nitrogens with zero attached hydrogens (tertiary/aromatic N) is 4. The molecule has 4 rings (SSSR count).